The van der Waals surface area contributed by atoms with Crippen LogP contribution in [0.1, 0.15) is 5.56 Å². The first-order valence-corrected chi connectivity index (χ1v) is 5.98. The monoisotopic (exact) mass is 281 g/mol. The zero-order valence-corrected chi connectivity index (χ0v) is 11.1. The molecule has 3 nitrogen and oxygen atoms in total. The molecule has 0 heterocycles. The largest absolute Gasteiger partial charge is 0.495 e. The van der Waals surface area contributed by atoms with E-state index in [1.165, 1.54) is 12.1 Å². The van der Waals surface area contributed by atoms with E-state index in [-0.39, 0.29) is 12.4 Å². The molecule has 5 heteroatoms. The third kappa shape index (κ3) is 3.29. The Morgan fingerprint density at radius 1 is 1.21 bits per heavy atom. The molecular weight excluding hydrogens is 269 g/mol. The van der Waals surface area contributed by atoms with Crippen molar-refractivity contribution in [2.24, 2.45) is 0 Å². The molecule has 2 aromatic rings. The van der Waals surface area contributed by atoms with Gasteiger partial charge in [-0.2, -0.15) is 0 Å². The maximum atomic E-state index is 12.9. The van der Waals surface area contributed by atoms with Crippen LogP contribution in [0, 0.1) is 5.82 Å². The molecule has 100 valence electrons. The first kappa shape index (κ1) is 13.5. The fourth-order valence-corrected chi connectivity index (χ4v) is 1.82. The summed E-state index contributed by atoms with van der Waals surface area (Å²) in [6.45, 7) is 0.241. The van der Waals surface area contributed by atoms with E-state index in [4.69, 9.17) is 26.8 Å². The Balaban J connectivity index is 2.08. The van der Waals surface area contributed by atoms with Crippen molar-refractivity contribution in [1.29, 1.82) is 0 Å². The molecule has 0 aliphatic rings. The number of rotatable bonds is 4. The van der Waals surface area contributed by atoms with Gasteiger partial charge >= 0.3 is 0 Å². The van der Waals surface area contributed by atoms with Crippen molar-refractivity contribution >= 4 is 17.3 Å². The van der Waals surface area contributed by atoms with Gasteiger partial charge in [-0.05, 0) is 24.3 Å². The molecule has 0 saturated heterocycles. The van der Waals surface area contributed by atoms with Gasteiger partial charge in [-0.3, -0.25) is 0 Å². The van der Waals surface area contributed by atoms with E-state index in [1.54, 1.807) is 31.4 Å². The number of nitrogen functional groups attached to an aromatic ring is 1. The molecule has 0 aliphatic carbocycles. The van der Waals surface area contributed by atoms with Crippen molar-refractivity contribution in [3.8, 4) is 11.5 Å². The number of hydrogen-bond donors (Lipinski definition) is 1. The smallest absolute Gasteiger partial charge is 0.142 e. The molecule has 19 heavy (non-hydrogen) atoms. The van der Waals surface area contributed by atoms with Gasteiger partial charge in [0.05, 0.1) is 17.8 Å². The van der Waals surface area contributed by atoms with Gasteiger partial charge in [0.2, 0.25) is 0 Å². The van der Waals surface area contributed by atoms with Crippen LogP contribution in [0.25, 0.3) is 0 Å². The summed E-state index contributed by atoms with van der Waals surface area (Å²) >= 11 is 5.91. The van der Waals surface area contributed by atoms with Gasteiger partial charge in [-0.25, -0.2) is 4.39 Å². The minimum Gasteiger partial charge on any atom is -0.495 e. The average molecular weight is 282 g/mol. The lowest BCUT2D eigenvalue weighted by molar-refractivity contribution is 0.305. The summed E-state index contributed by atoms with van der Waals surface area (Å²) < 4.78 is 23.5. The van der Waals surface area contributed by atoms with Crippen molar-refractivity contribution in [3.05, 3.63) is 52.8 Å². The highest BCUT2D eigenvalue weighted by Crippen LogP contribution is 2.27. The van der Waals surface area contributed by atoms with Crippen molar-refractivity contribution in [3.63, 3.8) is 0 Å². The summed E-state index contributed by atoms with van der Waals surface area (Å²) in [4.78, 5) is 0. The molecule has 2 N–H and O–H groups in total. The summed E-state index contributed by atoms with van der Waals surface area (Å²) in [5.74, 6) is 0.813. The zero-order valence-electron chi connectivity index (χ0n) is 10.3. The van der Waals surface area contributed by atoms with E-state index in [0.29, 0.717) is 27.8 Å². The van der Waals surface area contributed by atoms with Crippen LogP contribution in [0.5, 0.6) is 11.5 Å². The standard InChI is InChI=1S/C14H13ClFNO2/c1-18-14-5-4-11(7-13(14)17)19-8-9-2-3-10(16)6-12(9)15/h2-7H,8,17H2,1H3. The second kappa shape index (κ2) is 5.80. The predicted octanol–water partition coefficient (Wildman–Crippen LogP) is 3.65. The Morgan fingerprint density at radius 3 is 2.63 bits per heavy atom. The summed E-state index contributed by atoms with van der Waals surface area (Å²) in [5.41, 5.74) is 6.97. The van der Waals surface area contributed by atoms with Crippen LogP contribution in [-0.2, 0) is 6.61 Å². The highest BCUT2D eigenvalue weighted by Gasteiger charge is 2.05. The topological polar surface area (TPSA) is 44.5 Å². The number of methoxy groups -OCH3 is 1. The molecule has 0 spiro atoms. The lowest BCUT2D eigenvalue weighted by Gasteiger charge is -2.10. The van der Waals surface area contributed by atoms with E-state index in [0.717, 1.165) is 0 Å². The molecule has 0 unspecified atom stereocenters. The fraction of sp³-hybridized carbons (Fsp3) is 0.143. The Labute approximate surface area is 115 Å². The van der Waals surface area contributed by atoms with Crippen LogP contribution in [0.3, 0.4) is 0 Å². The van der Waals surface area contributed by atoms with Gasteiger partial charge in [0, 0.05) is 11.6 Å². The normalized spacial score (nSPS) is 10.3. The van der Waals surface area contributed by atoms with Crippen LogP contribution in [0.2, 0.25) is 5.02 Å². The van der Waals surface area contributed by atoms with Crippen LogP contribution in [-0.4, -0.2) is 7.11 Å². The highest BCUT2D eigenvalue weighted by molar-refractivity contribution is 6.31. The zero-order chi connectivity index (χ0) is 13.8. The van der Waals surface area contributed by atoms with Crippen LogP contribution < -0.4 is 15.2 Å². The van der Waals surface area contributed by atoms with Crippen molar-refractivity contribution in [1.82, 2.24) is 0 Å². The molecule has 2 aromatic carbocycles. The summed E-state index contributed by atoms with van der Waals surface area (Å²) in [7, 11) is 1.55. The van der Waals surface area contributed by atoms with Crippen LogP contribution in [0.4, 0.5) is 10.1 Å². The van der Waals surface area contributed by atoms with Crippen molar-refractivity contribution in [2.45, 2.75) is 6.61 Å². The van der Waals surface area contributed by atoms with Gasteiger partial charge in [-0.1, -0.05) is 17.7 Å². The van der Waals surface area contributed by atoms with Gasteiger partial charge in [-0.15, -0.1) is 0 Å². The lowest BCUT2D eigenvalue weighted by Crippen LogP contribution is -1.98. The van der Waals surface area contributed by atoms with E-state index < -0.39 is 0 Å². The van der Waals surface area contributed by atoms with Gasteiger partial charge in [0.25, 0.3) is 0 Å². The maximum Gasteiger partial charge on any atom is 0.142 e. The van der Waals surface area contributed by atoms with Crippen LogP contribution >= 0.6 is 11.6 Å². The molecule has 0 atom stereocenters. The minimum absolute atomic E-state index is 0.241. The van der Waals surface area contributed by atoms with Gasteiger partial charge in [0.1, 0.15) is 23.9 Å². The summed E-state index contributed by atoms with van der Waals surface area (Å²) in [6.07, 6.45) is 0. The molecule has 0 aliphatic heterocycles. The molecule has 0 bridgehead atoms. The van der Waals surface area contributed by atoms with Crippen LogP contribution in [0.15, 0.2) is 36.4 Å². The number of halogens is 2. The third-order valence-corrected chi connectivity index (χ3v) is 2.96. The van der Waals surface area contributed by atoms with E-state index in [2.05, 4.69) is 0 Å². The van der Waals surface area contributed by atoms with Gasteiger partial charge < -0.3 is 15.2 Å². The van der Waals surface area contributed by atoms with E-state index in [1.807, 2.05) is 0 Å². The van der Waals surface area contributed by atoms with Gasteiger partial charge in [0.15, 0.2) is 0 Å². The Hall–Kier alpha value is -1.94. The fourth-order valence-electron chi connectivity index (χ4n) is 1.60. The first-order valence-electron chi connectivity index (χ1n) is 5.60. The number of ether oxygens (including phenoxy) is 2. The summed E-state index contributed by atoms with van der Waals surface area (Å²) in [5, 5.41) is 0.335. The number of anilines is 1. The quantitative estimate of drug-likeness (QED) is 0.870. The van der Waals surface area contributed by atoms with E-state index >= 15 is 0 Å². The third-order valence-electron chi connectivity index (χ3n) is 2.61. The number of hydrogen-bond acceptors (Lipinski definition) is 3. The molecule has 0 aromatic heterocycles. The predicted molar refractivity (Wildman–Crippen MR) is 73.1 cm³/mol. The number of benzene rings is 2. The molecular formula is C14H13ClFNO2. The molecule has 0 saturated carbocycles. The van der Waals surface area contributed by atoms with E-state index in [9.17, 15) is 4.39 Å². The lowest BCUT2D eigenvalue weighted by atomic mass is 10.2. The molecule has 0 fully saturated rings. The first-order chi connectivity index (χ1) is 9.10. The number of nitrogens with two attached hydrogens (primary N) is 1. The Bertz CT molecular complexity index is 590. The Kier molecular flexibility index (Phi) is 4.12. The molecule has 2 rings (SSSR count). The molecule has 0 radical (unpaired) electrons. The second-order valence-electron chi connectivity index (χ2n) is 3.93. The second-order valence-corrected chi connectivity index (χ2v) is 4.34. The maximum absolute atomic E-state index is 12.9. The molecule has 0 amide bonds. The van der Waals surface area contributed by atoms with Crippen molar-refractivity contribution in [2.75, 3.05) is 12.8 Å². The highest BCUT2D eigenvalue weighted by atomic mass is 35.5. The summed E-state index contributed by atoms with van der Waals surface area (Å²) in [6, 6.07) is 9.31. The van der Waals surface area contributed by atoms with Crippen molar-refractivity contribution < 1.29 is 13.9 Å². The Morgan fingerprint density at radius 2 is 2.00 bits per heavy atom. The average Bonchev–Trinajstić information content (AvgIpc) is 2.38. The minimum atomic E-state index is -0.373. The SMILES string of the molecule is COc1ccc(OCc2ccc(F)cc2Cl)cc1N.